The minimum atomic E-state index is -0.380. The second kappa shape index (κ2) is 7.31. The fraction of sp³-hybridized carbons (Fsp3) is 0.444. The Morgan fingerprint density at radius 1 is 1.26 bits per heavy atom. The van der Waals surface area contributed by atoms with E-state index in [2.05, 4.69) is 5.32 Å². The topological polar surface area (TPSA) is 68.5 Å². The molecule has 5 nitrogen and oxygen atoms in total. The van der Waals surface area contributed by atoms with Gasteiger partial charge in [0.15, 0.2) is 6.61 Å². The highest BCUT2D eigenvalue weighted by Crippen LogP contribution is 2.23. The molecule has 0 radical (unpaired) electrons. The highest BCUT2D eigenvalue weighted by Gasteiger charge is 2.12. The maximum Gasteiger partial charge on any atom is 0.336 e. The van der Waals surface area contributed by atoms with E-state index in [0.29, 0.717) is 17.3 Å². The van der Waals surface area contributed by atoms with Crippen molar-refractivity contribution < 1.29 is 13.9 Å². The third-order valence-corrected chi connectivity index (χ3v) is 3.94. The Balaban J connectivity index is 2.10. The normalized spacial score (nSPS) is 12.4. The van der Waals surface area contributed by atoms with Crippen LogP contribution >= 0.6 is 0 Å². The first-order valence-electron chi connectivity index (χ1n) is 7.89. The van der Waals surface area contributed by atoms with Gasteiger partial charge in [-0.05, 0) is 37.0 Å². The molecule has 0 fully saturated rings. The number of amides is 1. The molecule has 0 saturated heterocycles. The molecule has 0 spiro atoms. The number of rotatable bonds is 6. The van der Waals surface area contributed by atoms with Crippen molar-refractivity contribution in [3.8, 4) is 5.75 Å². The summed E-state index contributed by atoms with van der Waals surface area (Å²) >= 11 is 0. The predicted octanol–water partition coefficient (Wildman–Crippen LogP) is 2.89. The van der Waals surface area contributed by atoms with Gasteiger partial charge in [0.25, 0.3) is 5.91 Å². The van der Waals surface area contributed by atoms with E-state index < -0.39 is 0 Å². The van der Waals surface area contributed by atoms with Gasteiger partial charge in [0.1, 0.15) is 11.3 Å². The fourth-order valence-electron chi connectivity index (χ4n) is 2.20. The lowest BCUT2D eigenvalue weighted by Gasteiger charge is -2.17. The van der Waals surface area contributed by atoms with Crippen molar-refractivity contribution in [1.82, 2.24) is 5.32 Å². The minimum absolute atomic E-state index is 0.0692. The molecule has 1 amide bonds. The highest BCUT2D eigenvalue weighted by molar-refractivity contribution is 5.82. The van der Waals surface area contributed by atoms with Gasteiger partial charge in [-0.2, -0.15) is 0 Å². The molecule has 0 aliphatic carbocycles. The van der Waals surface area contributed by atoms with Crippen LogP contribution in [0.4, 0.5) is 0 Å². The van der Waals surface area contributed by atoms with Crippen LogP contribution in [-0.2, 0) is 11.2 Å². The Labute approximate surface area is 135 Å². The third kappa shape index (κ3) is 4.34. The maximum atomic E-state index is 11.8. The largest absolute Gasteiger partial charge is 0.484 e. The number of carbonyl (C=O) groups is 1. The van der Waals surface area contributed by atoms with Crippen molar-refractivity contribution in [3.05, 3.63) is 40.2 Å². The molecule has 1 N–H and O–H groups in total. The standard InChI is InChI=1S/C18H23NO4/c1-5-13-8-18(21)23-16-9-14(6-7-15(13)16)22-10-17(20)19-12(4)11(2)3/h6-9,11-12H,5,10H2,1-4H3,(H,19,20). The molecule has 5 heteroatoms. The van der Waals surface area contributed by atoms with Crippen LogP contribution < -0.4 is 15.7 Å². The summed E-state index contributed by atoms with van der Waals surface area (Å²) in [6, 6.07) is 6.87. The first kappa shape index (κ1) is 17.1. The molecule has 0 saturated carbocycles. The summed E-state index contributed by atoms with van der Waals surface area (Å²) < 4.78 is 10.7. The molecule has 0 aliphatic heterocycles. The van der Waals surface area contributed by atoms with Crippen LogP contribution in [0.2, 0.25) is 0 Å². The zero-order chi connectivity index (χ0) is 17.0. The lowest BCUT2D eigenvalue weighted by molar-refractivity contribution is -0.124. The van der Waals surface area contributed by atoms with Crippen LogP contribution in [0, 0.1) is 5.92 Å². The van der Waals surface area contributed by atoms with Gasteiger partial charge in [0, 0.05) is 23.6 Å². The third-order valence-electron chi connectivity index (χ3n) is 3.94. The first-order chi connectivity index (χ1) is 10.9. The molecule has 1 aromatic carbocycles. The Morgan fingerprint density at radius 3 is 2.65 bits per heavy atom. The van der Waals surface area contributed by atoms with Crippen LogP contribution in [0.3, 0.4) is 0 Å². The second-order valence-electron chi connectivity index (χ2n) is 5.99. The highest BCUT2D eigenvalue weighted by atomic mass is 16.5. The maximum absolute atomic E-state index is 11.8. The van der Waals surface area contributed by atoms with Crippen LogP contribution in [-0.4, -0.2) is 18.6 Å². The second-order valence-corrected chi connectivity index (χ2v) is 5.99. The van der Waals surface area contributed by atoms with E-state index in [1.165, 1.54) is 6.07 Å². The van der Waals surface area contributed by atoms with Crippen molar-refractivity contribution >= 4 is 16.9 Å². The van der Waals surface area contributed by atoms with E-state index in [-0.39, 0.29) is 24.2 Å². The van der Waals surface area contributed by atoms with Gasteiger partial charge in [-0.15, -0.1) is 0 Å². The van der Waals surface area contributed by atoms with Crippen molar-refractivity contribution in [2.75, 3.05) is 6.61 Å². The first-order valence-corrected chi connectivity index (χ1v) is 7.89. The SMILES string of the molecule is CCc1cc(=O)oc2cc(OCC(=O)NC(C)C(C)C)ccc12. The van der Waals surface area contributed by atoms with E-state index in [1.54, 1.807) is 12.1 Å². The number of hydrogen-bond donors (Lipinski definition) is 1. The summed E-state index contributed by atoms with van der Waals surface area (Å²) in [5.74, 6) is 0.692. The van der Waals surface area contributed by atoms with Gasteiger partial charge in [-0.1, -0.05) is 20.8 Å². The number of benzene rings is 1. The van der Waals surface area contributed by atoms with E-state index in [9.17, 15) is 9.59 Å². The molecule has 23 heavy (non-hydrogen) atoms. The quantitative estimate of drug-likeness (QED) is 0.832. The van der Waals surface area contributed by atoms with Crippen LogP contribution in [0.1, 0.15) is 33.3 Å². The molecular weight excluding hydrogens is 294 g/mol. The minimum Gasteiger partial charge on any atom is -0.484 e. The molecule has 0 bridgehead atoms. The van der Waals surface area contributed by atoms with Gasteiger partial charge in [-0.25, -0.2) is 4.79 Å². The average molecular weight is 317 g/mol. The van der Waals surface area contributed by atoms with Crippen molar-refractivity contribution in [2.45, 2.75) is 40.2 Å². The lowest BCUT2D eigenvalue weighted by Crippen LogP contribution is -2.38. The predicted molar refractivity (Wildman–Crippen MR) is 89.8 cm³/mol. The summed E-state index contributed by atoms with van der Waals surface area (Å²) in [5.41, 5.74) is 1.03. The number of ether oxygens (including phenoxy) is 1. The van der Waals surface area contributed by atoms with Crippen LogP contribution in [0.25, 0.3) is 11.0 Å². The number of hydrogen-bond acceptors (Lipinski definition) is 4. The zero-order valence-electron chi connectivity index (χ0n) is 14.0. The summed E-state index contributed by atoms with van der Waals surface area (Å²) in [5, 5.41) is 3.76. The van der Waals surface area contributed by atoms with Crippen molar-refractivity contribution in [1.29, 1.82) is 0 Å². The van der Waals surface area contributed by atoms with Gasteiger partial charge < -0.3 is 14.5 Å². The Kier molecular flexibility index (Phi) is 5.42. The molecule has 1 unspecified atom stereocenters. The average Bonchev–Trinajstić information content (AvgIpc) is 2.51. The van der Waals surface area contributed by atoms with E-state index in [1.807, 2.05) is 33.8 Å². The molecule has 1 heterocycles. The summed E-state index contributed by atoms with van der Waals surface area (Å²) in [4.78, 5) is 23.4. The van der Waals surface area contributed by atoms with E-state index >= 15 is 0 Å². The molecule has 2 rings (SSSR count). The molecule has 0 aliphatic rings. The summed E-state index contributed by atoms with van der Waals surface area (Å²) in [6.07, 6.45) is 0.748. The number of nitrogens with one attached hydrogen (secondary N) is 1. The van der Waals surface area contributed by atoms with Gasteiger partial charge >= 0.3 is 5.63 Å². The Hall–Kier alpha value is -2.30. The van der Waals surface area contributed by atoms with E-state index in [0.717, 1.165) is 17.4 Å². The van der Waals surface area contributed by atoms with E-state index in [4.69, 9.17) is 9.15 Å². The molecule has 1 aromatic heterocycles. The summed E-state index contributed by atoms with van der Waals surface area (Å²) in [6.45, 7) is 7.96. The Morgan fingerprint density at radius 2 is 2.00 bits per heavy atom. The molecule has 1 atom stereocenters. The fourth-order valence-corrected chi connectivity index (χ4v) is 2.20. The Bertz CT molecular complexity index is 748. The smallest absolute Gasteiger partial charge is 0.336 e. The van der Waals surface area contributed by atoms with Crippen LogP contribution in [0.15, 0.2) is 33.5 Å². The summed E-state index contributed by atoms with van der Waals surface area (Å²) in [7, 11) is 0. The number of carbonyl (C=O) groups excluding carboxylic acids is 1. The van der Waals surface area contributed by atoms with Crippen molar-refractivity contribution in [3.63, 3.8) is 0 Å². The van der Waals surface area contributed by atoms with Gasteiger partial charge in [0.05, 0.1) is 0 Å². The molecule has 124 valence electrons. The molecular formula is C18H23NO4. The monoisotopic (exact) mass is 317 g/mol. The number of fused-ring (bicyclic) bond motifs is 1. The van der Waals surface area contributed by atoms with Gasteiger partial charge in [-0.3, -0.25) is 4.79 Å². The number of aryl methyl sites for hydroxylation is 1. The van der Waals surface area contributed by atoms with Crippen molar-refractivity contribution in [2.24, 2.45) is 5.92 Å². The van der Waals surface area contributed by atoms with Crippen LogP contribution in [0.5, 0.6) is 5.75 Å². The molecule has 2 aromatic rings. The van der Waals surface area contributed by atoms with Gasteiger partial charge in [0.2, 0.25) is 0 Å². The zero-order valence-corrected chi connectivity index (χ0v) is 14.0. The lowest BCUT2D eigenvalue weighted by atomic mass is 10.1.